The van der Waals surface area contributed by atoms with Crippen LogP contribution in [0.2, 0.25) is 0 Å². The zero-order valence-electron chi connectivity index (χ0n) is 23.9. The Morgan fingerprint density at radius 2 is 1.90 bits per heavy atom. The number of ether oxygens (including phenoxy) is 2. The first-order chi connectivity index (χ1) is 19.9. The van der Waals surface area contributed by atoms with E-state index in [1.807, 2.05) is 13.0 Å². The molecule has 0 radical (unpaired) electrons. The molecule has 1 aromatic heterocycles. The van der Waals surface area contributed by atoms with Gasteiger partial charge in [0.05, 0.1) is 19.2 Å². The summed E-state index contributed by atoms with van der Waals surface area (Å²) in [7, 11) is 1.54. The molecule has 1 saturated heterocycles. The summed E-state index contributed by atoms with van der Waals surface area (Å²) in [6.07, 6.45) is 8.62. The van der Waals surface area contributed by atoms with Gasteiger partial charge in [-0.25, -0.2) is 9.37 Å². The number of methoxy groups -OCH3 is 1. The Kier molecular flexibility index (Phi) is 7.98. The number of halogens is 1. The number of hydrogen-bond donors (Lipinski definition) is 1. The van der Waals surface area contributed by atoms with Gasteiger partial charge in [0, 0.05) is 18.2 Å². The summed E-state index contributed by atoms with van der Waals surface area (Å²) in [6.45, 7) is 4.65. The highest BCUT2D eigenvalue weighted by atomic mass is 19.1. The average Bonchev–Trinajstić information content (AvgIpc) is 3.83. The van der Waals surface area contributed by atoms with Crippen molar-refractivity contribution in [2.24, 2.45) is 11.8 Å². The molecule has 216 valence electrons. The second-order valence-electron chi connectivity index (χ2n) is 12.0. The molecular weight excluding hydrogens is 519 g/mol. The van der Waals surface area contributed by atoms with Gasteiger partial charge >= 0.3 is 5.97 Å². The van der Waals surface area contributed by atoms with E-state index >= 15 is 4.39 Å². The topological polar surface area (TPSA) is 71.9 Å². The van der Waals surface area contributed by atoms with E-state index in [-0.39, 0.29) is 17.8 Å². The van der Waals surface area contributed by atoms with E-state index in [1.165, 1.54) is 31.0 Å². The molecule has 3 aromatic rings. The Balaban J connectivity index is 1.31. The lowest BCUT2D eigenvalue weighted by Gasteiger charge is -2.30. The fourth-order valence-corrected chi connectivity index (χ4v) is 6.71. The first kappa shape index (κ1) is 27.7. The van der Waals surface area contributed by atoms with Crippen molar-refractivity contribution < 1.29 is 23.8 Å². The average molecular weight is 559 g/mol. The van der Waals surface area contributed by atoms with Gasteiger partial charge in [0.2, 0.25) is 5.88 Å². The van der Waals surface area contributed by atoms with Crippen LogP contribution in [-0.4, -0.2) is 41.2 Å². The summed E-state index contributed by atoms with van der Waals surface area (Å²) in [4.78, 5) is 18.4. The Morgan fingerprint density at radius 1 is 1.10 bits per heavy atom. The normalized spacial score (nSPS) is 20.5. The van der Waals surface area contributed by atoms with E-state index in [4.69, 9.17) is 9.47 Å². The third-order valence-corrected chi connectivity index (χ3v) is 9.15. The predicted molar refractivity (Wildman–Crippen MR) is 156 cm³/mol. The van der Waals surface area contributed by atoms with E-state index in [1.54, 1.807) is 13.2 Å². The first-order valence-electron chi connectivity index (χ1n) is 15.0. The van der Waals surface area contributed by atoms with Crippen LogP contribution in [0, 0.1) is 17.7 Å². The third-order valence-electron chi connectivity index (χ3n) is 9.15. The molecule has 1 N–H and O–H groups in total. The molecule has 0 unspecified atom stereocenters. The van der Waals surface area contributed by atoms with Gasteiger partial charge in [0.15, 0.2) is 0 Å². The van der Waals surface area contributed by atoms with E-state index in [9.17, 15) is 9.90 Å². The van der Waals surface area contributed by atoms with Gasteiger partial charge in [-0.15, -0.1) is 0 Å². The standard InChI is InChI=1S/C34H39FN2O4/c1-21(34(38)39)33(23-7-8-23)25-9-6-22-11-13-30(41-31(22)17-25)24-10-12-27(28-18-32(40-2)36-19-29(28)35)26(16-24)20-37-14-4-3-5-15-37/h6,9-10,12,16-19,21,23,30,33H,3-5,7-8,11,13-15,20H2,1-2H3,(H,38,39)/t21-,30-,33-/m0/s1. The highest BCUT2D eigenvalue weighted by Gasteiger charge is 2.39. The Morgan fingerprint density at radius 3 is 2.63 bits per heavy atom. The van der Waals surface area contributed by atoms with Crippen LogP contribution in [-0.2, 0) is 17.8 Å². The highest BCUT2D eigenvalue weighted by molar-refractivity contribution is 5.71. The van der Waals surface area contributed by atoms with E-state index in [0.29, 0.717) is 17.4 Å². The molecule has 3 atom stereocenters. The molecule has 0 bridgehead atoms. The summed E-state index contributed by atoms with van der Waals surface area (Å²) < 4.78 is 27.0. The maximum Gasteiger partial charge on any atom is 0.306 e. The third kappa shape index (κ3) is 5.96. The van der Waals surface area contributed by atoms with Gasteiger partial charge in [0.1, 0.15) is 17.7 Å². The number of aliphatic carboxylic acids is 1. The number of rotatable bonds is 9. The molecule has 0 spiro atoms. The van der Waals surface area contributed by atoms with Gasteiger partial charge in [-0.05, 0) is 97.3 Å². The molecule has 3 heterocycles. The van der Waals surface area contributed by atoms with Crippen LogP contribution in [0.4, 0.5) is 4.39 Å². The van der Waals surface area contributed by atoms with E-state index in [2.05, 4.69) is 40.2 Å². The van der Waals surface area contributed by atoms with Crippen LogP contribution < -0.4 is 9.47 Å². The number of aromatic nitrogens is 1. The van der Waals surface area contributed by atoms with Crippen molar-refractivity contribution >= 4 is 5.97 Å². The van der Waals surface area contributed by atoms with Crippen molar-refractivity contribution in [1.29, 1.82) is 0 Å². The molecular formula is C34H39FN2O4. The number of hydrogen-bond acceptors (Lipinski definition) is 5. The van der Waals surface area contributed by atoms with Crippen LogP contribution in [0.1, 0.15) is 79.7 Å². The molecule has 1 saturated carbocycles. The van der Waals surface area contributed by atoms with Crippen molar-refractivity contribution in [3.05, 3.63) is 76.7 Å². The smallest absolute Gasteiger partial charge is 0.306 e. The number of likely N-dealkylation sites (tertiary alicyclic amines) is 1. The van der Waals surface area contributed by atoms with Crippen LogP contribution in [0.25, 0.3) is 11.1 Å². The minimum Gasteiger partial charge on any atom is -0.485 e. The quantitative estimate of drug-likeness (QED) is 0.300. The van der Waals surface area contributed by atoms with Crippen LogP contribution in [0.15, 0.2) is 48.7 Å². The summed E-state index contributed by atoms with van der Waals surface area (Å²) in [5.41, 5.74) is 5.72. The molecule has 2 fully saturated rings. The number of carboxylic acid groups (broad SMARTS) is 1. The number of nitrogens with zero attached hydrogens (tertiary/aromatic N) is 2. The van der Waals surface area contributed by atoms with Crippen LogP contribution in [0.5, 0.6) is 11.6 Å². The second kappa shape index (κ2) is 11.8. The number of carbonyl (C=O) groups is 1. The minimum absolute atomic E-state index is 0.00413. The SMILES string of the molecule is COc1cc(-c2ccc([C@@H]3CCc4ccc([C@H](C5CC5)[C@H](C)C(=O)O)cc4O3)cc2CN2CCCCC2)c(F)cn1. The highest BCUT2D eigenvalue weighted by Crippen LogP contribution is 2.48. The zero-order chi connectivity index (χ0) is 28.5. The fraction of sp³-hybridized carbons (Fsp3) is 0.471. The number of carboxylic acids is 1. The minimum atomic E-state index is -0.747. The zero-order valence-corrected chi connectivity index (χ0v) is 23.9. The summed E-state index contributed by atoms with van der Waals surface area (Å²) in [6, 6.07) is 14.2. The number of fused-ring (bicyclic) bond motifs is 1. The maximum absolute atomic E-state index is 15.0. The van der Waals surface area contributed by atoms with Crippen molar-refractivity contribution in [2.45, 2.75) is 70.4 Å². The fourth-order valence-electron chi connectivity index (χ4n) is 6.71. The van der Waals surface area contributed by atoms with Gasteiger partial charge in [-0.1, -0.05) is 43.7 Å². The van der Waals surface area contributed by atoms with Crippen molar-refractivity contribution in [1.82, 2.24) is 9.88 Å². The summed E-state index contributed by atoms with van der Waals surface area (Å²) in [5, 5.41) is 9.75. The first-order valence-corrected chi connectivity index (χ1v) is 15.0. The van der Waals surface area contributed by atoms with Gasteiger partial charge in [0.25, 0.3) is 0 Å². The molecule has 3 aliphatic rings. The Labute approximate surface area is 241 Å². The van der Waals surface area contributed by atoms with Gasteiger partial charge in [-0.3, -0.25) is 9.69 Å². The molecule has 6 nitrogen and oxygen atoms in total. The maximum atomic E-state index is 15.0. The number of pyridine rings is 1. The lowest BCUT2D eigenvalue weighted by Crippen LogP contribution is -2.29. The van der Waals surface area contributed by atoms with E-state index < -0.39 is 11.9 Å². The van der Waals surface area contributed by atoms with Crippen molar-refractivity contribution in [3.8, 4) is 22.8 Å². The van der Waals surface area contributed by atoms with Crippen molar-refractivity contribution in [2.75, 3.05) is 20.2 Å². The van der Waals surface area contributed by atoms with Crippen molar-refractivity contribution in [3.63, 3.8) is 0 Å². The molecule has 1 aliphatic carbocycles. The van der Waals surface area contributed by atoms with Gasteiger partial charge in [-0.2, -0.15) is 0 Å². The van der Waals surface area contributed by atoms with E-state index in [0.717, 1.165) is 73.3 Å². The molecule has 2 aliphatic heterocycles. The largest absolute Gasteiger partial charge is 0.485 e. The van der Waals surface area contributed by atoms with Gasteiger partial charge < -0.3 is 14.6 Å². The molecule has 41 heavy (non-hydrogen) atoms. The Bertz CT molecular complexity index is 1420. The lowest BCUT2D eigenvalue weighted by molar-refractivity contribution is -0.142. The number of piperidine rings is 1. The predicted octanol–water partition coefficient (Wildman–Crippen LogP) is 7.16. The number of benzene rings is 2. The molecule has 6 rings (SSSR count). The molecule has 2 aromatic carbocycles. The lowest BCUT2D eigenvalue weighted by atomic mass is 9.82. The van der Waals surface area contributed by atoms with Crippen LogP contribution in [0.3, 0.4) is 0 Å². The summed E-state index contributed by atoms with van der Waals surface area (Å²) >= 11 is 0. The Hall–Kier alpha value is -3.45. The monoisotopic (exact) mass is 558 g/mol. The second-order valence-corrected chi connectivity index (χ2v) is 12.0. The van der Waals surface area contributed by atoms with Crippen LogP contribution >= 0.6 is 0 Å². The molecule has 7 heteroatoms. The summed E-state index contributed by atoms with van der Waals surface area (Å²) in [5.74, 6) is 0.127. The molecule has 0 amide bonds. The number of aryl methyl sites for hydroxylation is 1.